The fraction of sp³-hybridized carbons (Fsp3) is 0.364. The monoisotopic (exact) mass is 463 g/mol. The van der Waals surface area contributed by atoms with Crippen molar-refractivity contribution >= 4 is 40.3 Å². The van der Waals surface area contributed by atoms with Crippen LogP contribution >= 0.6 is 23.4 Å². The molecule has 0 aliphatic rings. The van der Waals surface area contributed by atoms with Crippen molar-refractivity contribution in [1.82, 2.24) is 14.9 Å². The Hall–Kier alpha value is -2.42. The molecule has 31 heavy (non-hydrogen) atoms. The summed E-state index contributed by atoms with van der Waals surface area (Å²) < 4.78 is 18.3. The van der Waals surface area contributed by atoms with Gasteiger partial charge in [-0.25, -0.2) is 4.98 Å². The fourth-order valence-electron chi connectivity index (χ4n) is 2.93. The molecule has 0 bridgehead atoms. The molecule has 3 aromatic rings. The Morgan fingerprint density at radius 3 is 2.58 bits per heavy atom. The van der Waals surface area contributed by atoms with E-state index in [-0.39, 0.29) is 11.7 Å². The number of benzene rings is 2. The van der Waals surface area contributed by atoms with E-state index in [9.17, 15) is 4.79 Å². The van der Waals surface area contributed by atoms with Gasteiger partial charge in [-0.2, -0.15) is 0 Å². The van der Waals surface area contributed by atoms with E-state index in [1.807, 2.05) is 54.0 Å². The SMILES string of the molecule is CCOc1ccc(OCCNC(=O)CSc2nc3cc(Cl)ccc3n2CCOC)cc1. The summed E-state index contributed by atoms with van der Waals surface area (Å²) in [6, 6.07) is 13.0. The van der Waals surface area contributed by atoms with Gasteiger partial charge in [0.1, 0.15) is 18.1 Å². The Labute approximate surface area is 191 Å². The first-order valence-electron chi connectivity index (χ1n) is 10.0. The summed E-state index contributed by atoms with van der Waals surface area (Å²) in [7, 11) is 1.66. The van der Waals surface area contributed by atoms with E-state index in [4.69, 9.17) is 25.8 Å². The van der Waals surface area contributed by atoms with Gasteiger partial charge >= 0.3 is 0 Å². The number of thioether (sulfide) groups is 1. The van der Waals surface area contributed by atoms with Gasteiger partial charge < -0.3 is 24.1 Å². The molecule has 0 aliphatic heterocycles. The van der Waals surface area contributed by atoms with E-state index in [0.717, 1.165) is 27.7 Å². The molecule has 0 aliphatic carbocycles. The van der Waals surface area contributed by atoms with E-state index in [1.165, 1.54) is 11.8 Å². The summed E-state index contributed by atoms with van der Waals surface area (Å²) >= 11 is 7.47. The van der Waals surface area contributed by atoms with Gasteiger partial charge in [0.25, 0.3) is 0 Å². The number of ether oxygens (including phenoxy) is 3. The van der Waals surface area contributed by atoms with Crippen molar-refractivity contribution in [1.29, 1.82) is 0 Å². The quantitative estimate of drug-likeness (QED) is 0.323. The van der Waals surface area contributed by atoms with E-state index >= 15 is 0 Å². The Kier molecular flexibility index (Phi) is 8.87. The number of carbonyl (C=O) groups excluding carboxylic acids is 1. The Morgan fingerprint density at radius 1 is 1.13 bits per heavy atom. The number of fused-ring (bicyclic) bond motifs is 1. The smallest absolute Gasteiger partial charge is 0.230 e. The molecular formula is C22H26ClN3O4S. The minimum Gasteiger partial charge on any atom is -0.494 e. The average molecular weight is 464 g/mol. The van der Waals surface area contributed by atoms with E-state index in [0.29, 0.717) is 37.9 Å². The van der Waals surface area contributed by atoms with Gasteiger partial charge in [-0.05, 0) is 49.4 Å². The minimum absolute atomic E-state index is 0.0799. The van der Waals surface area contributed by atoms with Crippen LogP contribution in [0.2, 0.25) is 5.02 Å². The first-order chi connectivity index (χ1) is 15.1. The Balaban J connectivity index is 1.47. The van der Waals surface area contributed by atoms with Crippen LogP contribution in [-0.4, -0.2) is 54.7 Å². The van der Waals surface area contributed by atoms with Crippen LogP contribution in [0.5, 0.6) is 11.5 Å². The second kappa shape index (κ2) is 11.8. The predicted octanol–water partition coefficient (Wildman–Crippen LogP) is 4.02. The van der Waals surface area contributed by atoms with Gasteiger partial charge in [-0.15, -0.1) is 0 Å². The molecule has 166 valence electrons. The highest BCUT2D eigenvalue weighted by molar-refractivity contribution is 7.99. The summed E-state index contributed by atoms with van der Waals surface area (Å²) in [6.07, 6.45) is 0. The number of amides is 1. The number of hydrogen-bond donors (Lipinski definition) is 1. The lowest BCUT2D eigenvalue weighted by molar-refractivity contribution is -0.118. The van der Waals surface area contributed by atoms with Crippen molar-refractivity contribution in [2.24, 2.45) is 0 Å². The number of hydrogen-bond acceptors (Lipinski definition) is 6. The number of nitrogens with one attached hydrogen (secondary N) is 1. The first-order valence-corrected chi connectivity index (χ1v) is 11.4. The molecule has 0 atom stereocenters. The Bertz CT molecular complexity index is 994. The summed E-state index contributed by atoms with van der Waals surface area (Å²) in [6.45, 7) is 4.57. The molecule has 1 amide bonds. The number of aromatic nitrogens is 2. The maximum absolute atomic E-state index is 12.3. The number of rotatable bonds is 12. The molecule has 1 N–H and O–H groups in total. The molecule has 3 rings (SSSR count). The van der Waals surface area contributed by atoms with E-state index < -0.39 is 0 Å². The zero-order chi connectivity index (χ0) is 22.1. The number of imidazole rings is 1. The highest BCUT2D eigenvalue weighted by Crippen LogP contribution is 2.26. The van der Waals surface area contributed by atoms with Crippen LogP contribution in [0, 0.1) is 0 Å². The van der Waals surface area contributed by atoms with Gasteiger partial charge in [-0.1, -0.05) is 23.4 Å². The lowest BCUT2D eigenvalue weighted by Gasteiger charge is -2.10. The van der Waals surface area contributed by atoms with Gasteiger partial charge in [0.2, 0.25) is 5.91 Å². The zero-order valence-corrected chi connectivity index (χ0v) is 19.2. The molecule has 2 aromatic carbocycles. The maximum atomic E-state index is 12.3. The van der Waals surface area contributed by atoms with Crippen LogP contribution in [0.25, 0.3) is 11.0 Å². The predicted molar refractivity (Wildman–Crippen MR) is 123 cm³/mol. The summed E-state index contributed by atoms with van der Waals surface area (Å²) in [5, 5.41) is 4.26. The molecule has 1 aromatic heterocycles. The van der Waals surface area contributed by atoms with Gasteiger partial charge in [-0.3, -0.25) is 4.79 Å². The summed E-state index contributed by atoms with van der Waals surface area (Å²) in [4.78, 5) is 16.9. The largest absolute Gasteiger partial charge is 0.494 e. The van der Waals surface area contributed by atoms with Crippen LogP contribution in [0.3, 0.4) is 0 Å². The van der Waals surface area contributed by atoms with Crippen molar-refractivity contribution in [3.05, 3.63) is 47.5 Å². The Morgan fingerprint density at radius 2 is 1.87 bits per heavy atom. The van der Waals surface area contributed by atoms with Crippen LogP contribution in [0.15, 0.2) is 47.6 Å². The van der Waals surface area contributed by atoms with Crippen molar-refractivity contribution in [2.45, 2.75) is 18.6 Å². The molecule has 0 radical (unpaired) electrons. The fourth-order valence-corrected chi connectivity index (χ4v) is 3.97. The third kappa shape index (κ3) is 6.78. The normalized spacial score (nSPS) is 10.9. The number of halogens is 1. The summed E-state index contributed by atoms with van der Waals surface area (Å²) in [5.74, 6) is 1.72. The standard InChI is InChI=1S/C22H26ClN3O4S/c1-3-29-17-5-7-18(8-6-17)30-12-10-24-21(27)15-31-22-25-19-14-16(23)4-9-20(19)26(22)11-13-28-2/h4-9,14H,3,10-13,15H2,1-2H3,(H,24,27). The molecule has 1 heterocycles. The third-order valence-electron chi connectivity index (χ3n) is 4.35. The van der Waals surface area contributed by atoms with E-state index in [2.05, 4.69) is 10.3 Å². The van der Waals surface area contributed by atoms with Crippen LogP contribution in [-0.2, 0) is 16.1 Å². The molecule has 9 heteroatoms. The first kappa shape index (κ1) is 23.2. The zero-order valence-electron chi connectivity index (χ0n) is 17.6. The van der Waals surface area contributed by atoms with Crippen LogP contribution in [0.1, 0.15) is 6.92 Å². The molecule has 0 fully saturated rings. The van der Waals surface area contributed by atoms with Gasteiger partial charge in [0.15, 0.2) is 5.16 Å². The second-order valence-corrected chi connectivity index (χ2v) is 7.94. The highest BCUT2D eigenvalue weighted by Gasteiger charge is 2.13. The number of carbonyl (C=O) groups is 1. The van der Waals surface area contributed by atoms with Crippen LogP contribution < -0.4 is 14.8 Å². The van der Waals surface area contributed by atoms with Gasteiger partial charge in [0, 0.05) is 18.7 Å². The van der Waals surface area contributed by atoms with Crippen molar-refractivity contribution in [3.63, 3.8) is 0 Å². The van der Waals surface area contributed by atoms with Crippen molar-refractivity contribution < 1.29 is 19.0 Å². The number of methoxy groups -OCH3 is 1. The molecule has 0 saturated carbocycles. The number of nitrogens with zero attached hydrogens (tertiary/aromatic N) is 2. The molecule has 0 saturated heterocycles. The average Bonchev–Trinajstić information content (AvgIpc) is 3.11. The third-order valence-corrected chi connectivity index (χ3v) is 5.57. The van der Waals surface area contributed by atoms with Gasteiger partial charge in [0.05, 0.1) is 36.5 Å². The van der Waals surface area contributed by atoms with E-state index in [1.54, 1.807) is 7.11 Å². The maximum Gasteiger partial charge on any atom is 0.230 e. The lowest BCUT2D eigenvalue weighted by Crippen LogP contribution is -2.29. The minimum atomic E-state index is -0.0799. The highest BCUT2D eigenvalue weighted by atomic mass is 35.5. The topological polar surface area (TPSA) is 74.6 Å². The molecule has 0 unspecified atom stereocenters. The van der Waals surface area contributed by atoms with Crippen molar-refractivity contribution in [3.8, 4) is 11.5 Å². The second-order valence-electron chi connectivity index (χ2n) is 6.56. The summed E-state index contributed by atoms with van der Waals surface area (Å²) in [5.41, 5.74) is 1.77. The molecule has 0 spiro atoms. The van der Waals surface area contributed by atoms with Crippen molar-refractivity contribution in [2.75, 3.05) is 39.2 Å². The van der Waals surface area contributed by atoms with Crippen LogP contribution in [0.4, 0.5) is 0 Å². The molecule has 7 nitrogen and oxygen atoms in total. The molecular weight excluding hydrogens is 438 g/mol. The lowest BCUT2D eigenvalue weighted by atomic mass is 10.3.